The van der Waals surface area contributed by atoms with E-state index in [4.69, 9.17) is 14.2 Å². The highest BCUT2D eigenvalue weighted by atomic mass is 16.6. The van der Waals surface area contributed by atoms with Crippen LogP contribution in [-0.4, -0.2) is 43.8 Å². The summed E-state index contributed by atoms with van der Waals surface area (Å²) in [5.74, 6) is -0.507. The molecule has 2 atom stereocenters. The maximum atomic E-state index is 13.3. The van der Waals surface area contributed by atoms with Gasteiger partial charge >= 0.3 is 0 Å². The van der Waals surface area contributed by atoms with Gasteiger partial charge in [0.1, 0.15) is 17.6 Å². The molecule has 0 aromatic heterocycles. The van der Waals surface area contributed by atoms with Crippen LogP contribution in [0, 0.1) is 6.92 Å². The third-order valence-corrected chi connectivity index (χ3v) is 5.09. The molecule has 6 nitrogen and oxygen atoms in total. The lowest BCUT2D eigenvalue weighted by molar-refractivity contribution is 0.0946. The summed E-state index contributed by atoms with van der Waals surface area (Å²) in [6, 6.07) is 6.48. The largest absolute Gasteiger partial charge is 0.496 e. The van der Waals surface area contributed by atoms with Crippen molar-refractivity contribution in [1.29, 1.82) is 0 Å². The number of hydrogen-bond acceptors (Lipinski definition) is 6. The molecule has 2 aliphatic rings. The maximum Gasteiger partial charge on any atom is 0.202 e. The van der Waals surface area contributed by atoms with Crippen LogP contribution in [0.4, 0.5) is 0 Å². The molecule has 0 spiro atoms. The molecular weight excluding hydrogens is 348 g/mol. The van der Waals surface area contributed by atoms with Gasteiger partial charge in [-0.2, -0.15) is 0 Å². The van der Waals surface area contributed by atoms with Crippen LogP contribution in [0.25, 0.3) is 0 Å². The second-order valence-corrected chi connectivity index (χ2v) is 6.69. The number of carbonyl (C=O) groups excluding carboxylic acids is 3. The van der Waals surface area contributed by atoms with Crippen LogP contribution in [0.3, 0.4) is 0 Å². The number of Topliss-reactive ketones (excluding diaryl/α,β-unsaturated/α-hetero) is 1. The first kappa shape index (κ1) is 17.4. The summed E-state index contributed by atoms with van der Waals surface area (Å²) in [5.41, 5.74) is 1.66. The average molecular weight is 366 g/mol. The summed E-state index contributed by atoms with van der Waals surface area (Å²) in [5, 5.41) is 0. The van der Waals surface area contributed by atoms with E-state index < -0.39 is 11.9 Å². The average Bonchev–Trinajstić information content (AvgIpc) is 3.40. The first-order valence-corrected chi connectivity index (χ1v) is 8.58. The predicted octanol–water partition coefficient (Wildman–Crippen LogP) is 2.76. The zero-order valence-corrected chi connectivity index (χ0v) is 15.4. The first-order valence-electron chi connectivity index (χ1n) is 8.58. The van der Waals surface area contributed by atoms with E-state index in [9.17, 15) is 14.4 Å². The van der Waals surface area contributed by atoms with Crippen LogP contribution < -0.4 is 9.47 Å². The van der Waals surface area contributed by atoms with Crippen LogP contribution in [-0.2, 0) is 4.74 Å². The van der Waals surface area contributed by atoms with E-state index in [0.29, 0.717) is 11.3 Å². The van der Waals surface area contributed by atoms with Gasteiger partial charge in [-0.15, -0.1) is 0 Å². The van der Waals surface area contributed by atoms with Crippen molar-refractivity contribution in [2.24, 2.45) is 0 Å². The number of fused-ring (bicyclic) bond motifs is 2. The Balaban J connectivity index is 1.99. The number of aryl methyl sites for hydroxylation is 1. The second-order valence-electron chi connectivity index (χ2n) is 6.69. The lowest BCUT2D eigenvalue weighted by Crippen LogP contribution is -2.25. The summed E-state index contributed by atoms with van der Waals surface area (Å²) < 4.78 is 16.1. The van der Waals surface area contributed by atoms with Crippen molar-refractivity contribution in [1.82, 2.24) is 0 Å². The van der Waals surface area contributed by atoms with Crippen molar-refractivity contribution >= 4 is 17.3 Å². The Morgan fingerprint density at radius 3 is 2.33 bits per heavy atom. The molecule has 27 heavy (non-hydrogen) atoms. The summed E-state index contributed by atoms with van der Waals surface area (Å²) in [7, 11) is 2.83. The van der Waals surface area contributed by atoms with Crippen LogP contribution in [0.1, 0.15) is 54.7 Å². The fraction of sp³-hybridized carbons (Fsp3) is 0.286. The van der Waals surface area contributed by atoms with E-state index in [1.807, 2.05) is 0 Å². The molecular formula is C21H18O6. The Kier molecular flexibility index (Phi) is 3.89. The number of hydrogen-bond donors (Lipinski definition) is 0. The van der Waals surface area contributed by atoms with E-state index in [-0.39, 0.29) is 51.2 Å². The molecule has 6 heteroatoms. The molecule has 0 radical (unpaired) electrons. The van der Waals surface area contributed by atoms with Crippen LogP contribution in [0.5, 0.6) is 11.5 Å². The van der Waals surface area contributed by atoms with E-state index in [0.717, 1.165) is 0 Å². The summed E-state index contributed by atoms with van der Waals surface area (Å²) >= 11 is 0. The van der Waals surface area contributed by atoms with Gasteiger partial charge in [0.25, 0.3) is 0 Å². The third-order valence-electron chi connectivity index (χ3n) is 5.09. The Hall–Kier alpha value is -2.99. The number of carbonyl (C=O) groups is 3. The number of epoxide rings is 1. The van der Waals surface area contributed by atoms with Crippen molar-refractivity contribution in [3.05, 3.63) is 57.6 Å². The minimum absolute atomic E-state index is 0.0988. The standard InChI is InChI=1S/C21H18O6/c1-9-8-12-16(21(26-4)14(9)19(24)20-10(2)27-20)18(23)15-11(17(12)22)6-5-7-13(15)25-3/h5-8,10,20H,1-4H3. The summed E-state index contributed by atoms with van der Waals surface area (Å²) in [4.78, 5) is 39.2. The van der Waals surface area contributed by atoms with Gasteiger partial charge in [0.05, 0.1) is 37.0 Å². The molecule has 0 saturated carbocycles. The number of ketones is 3. The molecule has 0 bridgehead atoms. The van der Waals surface area contributed by atoms with Crippen LogP contribution >= 0.6 is 0 Å². The number of ether oxygens (including phenoxy) is 3. The highest BCUT2D eigenvalue weighted by Crippen LogP contribution is 2.41. The van der Waals surface area contributed by atoms with Crippen molar-refractivity contribution in [3.8, 4) is 11.5 Å². The fourth-order valence-electron chi connectivity index (χ4n) is 3.70. The molecule has 1 saturated heterocycles. The summed E-state index contributed by atoms with van der Waals surface area (Å²) in [6.45, 7) is 3.53. The monoisotopic (exact) mass is 366 g/mol. The van der Waals surface area contributed by atoms with Crippen LogP contribution in [0.2, 0.25) is 0 Å². The molecule has 1 aliphatic carbocycles. The van der Waals surface area contributed by atoms with E-state index in [1.54, 1.807) is 38.1 Å². The molecule has 2 unspecified atom stereocenters. The molecule has 1 fully saturated rings. The van der Waals surface area contributed by atoms with Crippen molar-refractivity contribution in [3.63, 3.8) is 0 Å². The van der Waals surface area contributed by atoms with Gasteiger partial charge in [0.15, 0.2) is 11.6 Å². The van der Waals surface area contributed by atoms with Gasteiger partial charge in [-0.05, 0) is 31.5 Å². The van der Waals surface area contributed by atoms with Gasteiger partial charge in [0, 0.05) is 11.1 Å². The van der Waals surface area contributed by atoms with Gasteiger partial charge in [-0.3, -0.25) is 14.4 Å². The quantitative estimate of drug-likeness (QED) is 0.522. The molecule has 0 N–H and O–H groups in total. The van der Waals surface area contributed by atoms with Crippen LogP contribution in [0.15, 0.2) is 24.3 Å². The minimum Gasteiger partial charge on any atom is -0.496 e. The zero-order valence-electron chi connectivity index (χ0n) is 15.4. The lowest BCUT2D eigenvalue weighted by atomic mass is 9.80. The SMILES string of the molecule is COc1cccc2c1C(=O)c1c(cc(C)c(C(=O)C3OC3C)c1OC)C2=O. The van der Waals surface area contributed by atoms with Gasteiger partial charge in [0.2, 0.25) is 5.78 Å². The Morgan fingerprint density at radius 1 is 1.04 bits per heavy atom. The Morgan fingerprint density at radius 2 is 1.74 bits per heavy atom. The smallest absolute Gasteiger partial charge is 0.202 e. The molecule has 1 heterocycles. The van der Waals surface area contributed by atoms with Crippen molar-refractivity contribution in [2.45, 2.75) is 26.1 Å². The number of rotatable bonds is 4. The molecule has 4 rings (SSSR count). The molecule has 1 aliphatic heterocycles. The van der Waals surface area contributed by atoms with Gasteiger partial charge < -0.3 is 14.2 Å². The highest BCUT2D eigenvalue weighted by molar-refractivity contribution is 6.31. The number of benzene rings is 2. The second kappa shape index (κ2) is 6.03. The Labute approximate surface area is 156 Å². The lowest BCUT2D eigenvalue weighted by Gasteiger charge is -2.23. The minimum atomic E-state index is -0.549. The van der Waals surface area contributed by atoms with E-state index >= 15 is 0 Å². The highest BCUT2D eigenvalue weighted by Gasteiger charge is 2.45. The maximum absolute atomic E-state index is 13.3. The fourth-order valence-corrected chi connectivity index (χ4v) is 3.70. The van der Waals surface area contributed by atoms with Gasteiger partial charge in [-0.1, -0.05) is 12.1 Å². The molecule has 138 valence electrons. The first-order chi connectivity index (χ1) is 12.9. The predicted molar refractivity (Wildman–Crippen MR) is 96.3 cm³/mol. The number of methoxy groups -OCH3 is 2. The zero-order chi connectivity index (χ0) is 19.5. The third kappa shape index (κ3) is 2.40. The van der Waals surface area contributed by atoms with E-state index in [2.05, 4.69) is 0 Å². The topological polar surface area (TPSA) is 82.2 Å². The van der Waals surface area contributed by atoms with Crippen molar-refractivity contribution < 1.29 is 28.6 Å². The molecule has 2 aromatic rings. The van der Waals surface area contributed by atoms with Gasteiger partial charge in [-0.25, -0.2) is 0 Å². The summed E-state index contributed by atoms with van der Waals surface area (Å²) in [6.07, 6.45) is -0.720. The molecule has 2 aromatic carbocycles. The molecule has 0 amide bonds. The normalized spacial score (nSPS) is 20.0. The Bertz CT molecular complexity index is 1020. The van der Waals surface area contributed by atoms with Crippen molar-refractivity contribution in [2.75, 3.05) is 14.2 Å². The van der Waals surface area contributed by atoms with E-state index in [1.165, 1.54) is 14.2 Å².